The monoisotopic (exact) mass is 456 g/mol. The highest BCUT2D eigenvalue weighted by Crippen LogP contribution is 2.39. The second-order valence-corrected chi connectivity index (χ2v) is 9.29. The number of nitrogens with one attached hydrogen (secondary N) is 1. The summed E-state index contributed by atoms with van der Waals surface area (Å²) in [5, 5.41) is 7.60. The van der Waals surface area contributed by atoms with Crippen LogP contribution in [0.15, 0.2) is 0 Å². The van der Waals surface area contributed by atoms with Crippen LogP contribution >= 0.6 is 11.3 Å². The lowest BCUT2D eigenvalue weighted by atomic mass is 9.95. The molecule has 10 heteroatoms. The highest BCUT2D eigenvalue weighted by Gasteiger charge is 2.39. The number of anilines is 1. The van der Waals surface area contributed by atoms with Gasteiger partial charge in [0, 0.05) is 34.7 Å². The van der Waals surface area contributed by atoms with Crippen molar-refractivity contribution in [1.82, 2.24) is 9.78 Å². The minimum Gasteiger partial charge on any atom is -0.317 e. The molecule has 2 aliphatic rings. The fraction of sp³-hybridized carbons (Fsp3) is 0.619. The maximum absolute atomic E-state index is 13.3. The first-order valence-electron chi connectivity index (χ1n) is 10.8. The zero-order valence-electron chi connectivity index (χ0n) is 17.3. The smallest absolute Gasteiger partial charge is 0.317 e. The molecule has 2 aromatic rings. The molecule has 1 amide bonds. The van der Waals surface area contributed by atoms with Crippen molar-refractivity contribution in [2.24, 2.45) is 5.90 Å². The third-order valence-corrected chi connectivity index (χ3v) is 7.31. The number of amides is 1. The van der Waals surface area contributed by atoms with Gasteiger partial charge in [0.05, 0.1) is 6.61 Å². The molecule has 0 bridgehead atoms. The van der Waals surface area contributed by atoms with Crippen LogP contribution in [0.5, 0.6) is 0 Å². The molecule has 3 N–H and O–H groups in total. The average Bonchev–Trinajstić information content (AvgIpc) is 3.27. The van der Waals surface area contributed by atoms with Gasteiger partial charge < -0.3 is 5.32 Å². The van der Waals surface area contributed by atoms with Crippen molar-refractivity contribution in [3.63, 3.8) is 0 Å². The molecule has 0 spiro atoms. The van der Waals surface area contributed by atoms with Gasteiger partial charge in [-0.15, -0.1) is 11.3 Å². The fourth-order valence-corrected chi connectivity index (χ4v) is 5.94. The maximum Gasteiger partial charge on any atom is 0.435 e. The van der Waals surface area contributed by atoms with Gasteiger partial charge in [-0.3, -0.25) is 14.3 Å². The molecule has 0 saturated carbocycles. The Morgan fingerprint density at radius 2 is 1.84 bits per heavy atom. The molecule has 0 aromatic carbocycles. The van der Waals surface area contributed by atoms with Crippen molar-refractivity contribution >= 4 is 22.2 Å². The van der Waals surface area contributed by atoms with E-state index in [0.29, 0.717) is 37.1 Å². The Balaban J connectivity index is 1.40. The van der Waals surface area contributed by atoms with Crippen LogP contribution in [0.4, 0.5) is 18.2 Å². The van der Waals surface area contributed by atoms with Crippen molar-refractivity contribution in [3.05, 3.63) is 33.0 Å². The minimum atomic E-state index is -4.44. The molecule has 0 aliphatic heterocycles. The van der Waals surface area contributed by atoms with E-state index in [0.717, 1.165) is 49.1 Å². The van der Waals surface area contributed by atoms with Crippen LogP contribution in [-0.4, -0.2) is 15.7 Å². The number of aromatic nitrogens is 2. The van der Waals surface area contributed by atoms with Gasteiger partial charge in [-0.25, -0.2) is 5.90 Å². The summed E-state index contributed by atoms with van der Waals surface area (Å²) in [5.41, 5.74) is 2.43. The van der Waals surface area contributed by atoms with Crippen molar-refractivity contribution in [2.75, 3.05) is 5.32 Å². The molecule has 0 fully saturated rings. The summed E-state index contributed by atoms with van der Waals surface area (Å²) in [6, 6.07) is 0. The Hall–Kier alpha value is -1.91. The highest BCUT2D eigenvalue weighted by atomic mass is 32.1. The Morgan fingerprint density at radius 3 is 2.58 bits per heavy atom. The average molecular weight is 457 g/mol. The summed E-state index contributed by atoms with van der Waals surface area (Å²) in [4.78, 5) is 18.7. The van der Waals surface area contributed by atoms with Gasteiger partial charge in [-0.2, -0.15) is 18.3 Å². The summed E-state index contributed by atoms with van der Waals surface area (Å²) in [6.45, 7) is 0.548. The number of nitrogens with zero attached hydrogens (tertiary/aromatic N) is 2. The van der Waals surface area contributed by atoms with E-state index >= 15 is 0 Å². The first-order chi connectivity index (χ1) is 14.9. The van der Waals surface area contributed by atoms with Gasteiger partial charge in [0.2, 0.25) is 5.91 Å². The van der Waals surface area contributed by atoms with Gasteiger partial charge in [-0.1, -0.05) is 0 Å². The van der Waals surface area contributed by atoms with Crippen LogP contribution in [0.1, 0.15) is 71.5 Å². The van der Waals surface area contributed by atoms with Crippen LogP contribution in [0.25, 0.3) is 0 Å². The molecule has 2 aliphatic carbocycles. The third kappa shape index (κ3) is 4.80. The SMILES string of the molecule is NOCc1c(NC(=O)CCCn2nc(C(F)(F)F)c3c2CCCC3)sc2c1CCCC2. The summed E-state index contributed by atoms with van der Waals surface area (Å²) < 4.78 is 41.4. The zero-order chi connectivity index (χ0) is 22.0. The normalized spacial score (nSPS) is 16.1. The number of alkyl halides is 3. The second-order valence-electron chi connectivity index (χ2n) is 8.18. The maximum atomic E-state index is 13.3. The van der Waals surface area contributed by atoms with Gasteiger partial charge >= 0.3 is 6.18 Å². The predicted molar refractivity (Wildman–Crippen MR) is 112 cm³/mol. The number of carbonyl (C=O) groups is 1. The highest BCUT2D eigenvalue weighted by molar-refractivity contribution is 7.16. The quantitative estimate of drug-likeness (QED) is 0.600. The van der Waals surface area contributed by atoms with E-state index in [9.17, 15) is 18.0 Å². The minimum absolute atomic E-state index is 0.158. The van der Waals surface area contributed by atoms with E-state index in [2.05, 4.69) is 10.4 Å². The van der Waals surface area contributed by atoms with Crippen LogP contribution in [-0.2, 0) is 54.6 Å². The molecule has 6 nitrogen and oxygen atoms in total. The number of nitrogens with two attached hydrogens (primary N) is 1. The van der Waals surface area contributed by atoms with Crippen LogP contribution in [0, 0.1) is 0 Å². The van der Waals surface area contributed by atoms with Crippen LogP contribution in [0.2, 0.25) is 0 Å². The summed E-state index contributed by atoms with van der Waals surface area (Å²) in [6.07, 6.45) is 3.05. The lowest BCUT2D eigenvalue weighted by Crippen LogP contribution is -2.15. The molecule has 0 radical (unpaired) electrons. The largest absolute Gasteiger partial charge is 0.435 e. The first kappa shape index (κ1) is 22.3. The van der Waals surface area contributed by atoms with Crippen LogP contribution < -0.4 is 11.2 Å². The topological polar surface area (TPSA) is 82.2 Å². The number of fused-ring (bicyclic) bond motifs is 2. The zero-order valence-corrected chi connectivity index (χ0v) is 18.1. The molecule has 31 heavy (non-hydrogen) atoms. The molecule has 170 valence electrons. The number of aryl methyl sites for hydroxylation is 2. The Bertz CT molecular complexity index is 952. The van der Waals surface area contributed by atoms with Crippen LogP contribution in [0.3, 0.4) is 0 Å². The standard InChI is InChI=1S/C21H27F3N4O2S/c22-21(23,24)19-14-7-1-3-8-16(14)28(27-19)11-5-10-18(29)26-20-15(12-30-25)13-6-2-4-9-17(13)31-20/h1-12,25H2,(H,26,29). The van der Waals surface area contributed by atoms with E-state index in [-0.39, 0.29) is 18.9 Å². The van der Waals surface area contributed by atoms with E-state index in [1.54, 1.807) is 11.3 Å². The number of rotatable bonds is 7. The van der Waals surface area contributed by atoms with E-state index in [1.165, 1.54) is 15.1 Å². The van der Waals surface area contributed by atoms with Crippen molar-refractivity contribution in [2.45, 2.75) is 83.5 Å². The Kier molecular flexibility index (Phi) is 6.68. The lowest BCUT2D eigenvalue weighted by molar-refractivity contribution is -0.142. The number of thiophene rings is 1. The Morgan fingerprint density at radius 1 is 1.13 bits per heavy atom. The van der Waals surface area contributed by atoms with Crippen molar-refractivity contribution in [1.29, 1.82) is 0 Å². The molecule has 0 atom stereocenters. The number of hydrogen-bond acceptors (Lipinski definition) is 5. The van der Waals surface area contributed by atoms with Gasteiger partial charge in [0.25, 0.3) is 0 Å². The number of halogens is 3. The third-order valence-electron chi connectivity index (χ3n) is 6.06. The molecule has 2 heterocycles. The van der Waals surface area contributed by atoms with Crippen molar-refractivity contribution < 1.29 is 22.8 Å². The summed E-state index contributed by atoms with van der Waals surface area (Å²) in [5.74, 6) is 5.13. The predicted octanol–water partition coefficient (Wildman–Crippen LogP) is 4.53. The lowest BCUT2D eigenvalue weighted by Gasteiger charge is -2.14. The second kappa shape index (κ2) is 9.30. The van der Waals surface area contributed by atoms with Crippen molar-refractivity contribution in [3.8, 4) is 0 Å². The Labute approximate surface area is 182 Å². The first-order valence-corrected chi connectivity index (χ1v) is 11.6. The van der Waals surface area contributed by atoms with Gasteiger partial charge in [-0.05, 0) is 63.4 Å². The van der Waals surface area contributed by atoms with E-state index in [4.69, 9.17) is 10.7 Å². The molecular weight excluding hydrogens is 429 g/mol. The number of hydrogen-bond donors (Lipinski definition) is 2. The molecule has 0 saturated heterocycles. The van der Waals surface area contributed by atoms with E-state index < -0.39 is 11.9 Å². The van der Waals surface area contributed by atoms with E-state index in [1.807, 2.05) is 0 Å². The summed E-state index contributed by atoms with van der Waals surface area (Å²) >= 11 is 1.57. The van der Waals surface area contributed by atoms with Gasteiger partial charge in [0.1, 0.15) is 5.00 Å². The molecular formula is C21H27F3N4O2S. The molecule has 2 aromatic heterocycles. The molecule has 0 unspecified atom stereocenters. The van der Waals surface area contributed by atoms with Gasteiger partial charge in [0.15, 0.2) is 5.69 Å². The fourth-order valence-electron chi connectivity index (χ4n) is 4.63. The molecule has 4 rings (SSSR count). The number of carbonyl (C=O) groups excluding carboxylic acids is 1. The summed E-state index contributed by atoms with van der Waals surface area (Å²) in [7, 11) is 0.